The van der Waals surface area contributed by atoms with Gasteiger partial charge in [0.05, 0.1) is 19.8 Å². The summed E-state index contributed by atoms with van der Waals surface area (Å²) in [7, 11) is -4.31. The Morgan fingerprint density at radius 3 is 1.20 bits per heavy atom. The van der Waals surface area contributed by atoms with Gasteiger partial charge in [0.2, 0.25) is 0 Å². The van der Waals surface area contributed by atoms with Crippen LogP contribution in [-0.4, -0.2) is 49.9 Å². The van der Waals surface area contributed by atoms with Crippen LogP contribution in [0.1, 0.15) is 168 Å². The van der Waals surface area contributed by atoms with Crippen LogP contribution in [0.5, 0.6) is 0 Å². The molecule has 2 unspecified atom stereocenters. The summed E-state index contributed by atoms with van der Waals surface area (Å²) < 4.78 is 33.5. The standard InChI is InChI=1S/C57H92NO7P/c1-3-5-7-9-11-13-15-17-19-21-23-25-26-27-28-29-31-33-35-37-39-41-43-45-47-49-52-62-54-56(55-64-66(60,61)63-53-51-58)65-57(59)50-48-46-44-42-40-38-36-34-32-30-24-22-20-18-16-14-12-10-8-6-4-2/h5-8,11-14,17-20,23-25,27-28,30-31,33-34,36-37,39,56H,3-4,9-10,15-16,21-22,26,29,32,35,38,40-55,58H2,1-2H3,(H,60,61)/b7-5-,8-6-,13-11-,14-12-,19-17-,20-18-,25-23-,28-27-,30-24-,33-31-,36-34-,39-37-. The van der Waals surface area contributed by atoms with Crippen molar-refractivity contribution >= 4 is 13.8 Å². The van der Waals surface area contributed by atoms with Crippen LogP contribution < -0.4 is 5.73 Å². The van der Waals surface area contributed by atoms with Crippen LogP contribution in [0, 0.1) is 0 Å². The lowest BCUT2D eigenvalue weighted by Gasteiger charge is -2.20. The number of phosphoric acid groups is 1. The molecular formula is C57H92NO7P. The van der Waals surface area contributed by atoms with E-state index in [2.05, 4.69) is 160 Å². The first kappa shape index (κ1) is 62.4. The van der Waals surface area contributed by atoms with Crippen LogP contribution in [-0.2, 0) is 27.9 Å². The number of hydrogen-bond donors (Lipinski definition) is 2. The van der Waals surface area contributed by atoms with E-state index < -0.39 is 13.9 Å². The largest absolute Gasteiger partial charge is 0.472 e. The molecule has 0 bridgehead atoms. The summed E-state index contributed by atoms with van der Waals surface area (Å²) in [6.07, 6.45) is 75.9. The first-order valence-corrected chi connectivity index (χ1v) is 26.8. The zero-order valence-electron chi connectivity index (χ0n) is 41.4. The third-order valence-electron chi connectivity index (χ3n) is 9.75. The number of rotatable bonds is 46. The molecule has 9 heteroatoms. The Balaban J connectivity index is 4.12. The average molecular weight is 934 g/mol. The van der Waals surface area contributed by atoms with Gasteiger partial charge in [0.1, 0.15) is 6.10 Å². The summed E-state index contributed by atoms with van der Waals surface area (Å²) in [6.45, 7) is 4.56. The topological polar surface area (TPSA) is 117 Å². The minimum absolute atomic E-state index is 0.0791. The Morgan fingerprint density at radius 1 is 0.455 bits per heavy atom. The Morgan fingerprint density at radius 2 is 0.803 bits per heavy atom. The summed E-state index contributed by atoms with van der Waals surface area (Å²) >= 11 is 0. The molecule has 2 atom stereocenters. The maximum Gasteiger partial charge on any atom is 0.472 e. The third kappa shape index (κ3) is 51.4. The number of carbonyl (C=O) groups is 1. The Hall–Kier alpha value is -3.62. The fraction of sp³-hybridized carbons (Fsp3) is 0.561. The highest BCUT2D eigenvalue weighted by molar-refractivity contribution is 7.47. The second-order valence-electron chi connectivity index (χ2n) is 15.9. The molecule has 66 heavy (non-hydrogen) atoms. The number of allylic oxidation sites excluding steroid dienone is 24. The number of ether oxygens (including phenoxy) is 2. The highest BCUT2D eigenvalue weighted by atomic mass is 31.2. The van der Waals surface area contributed by atoms with Gasteiger partial charge in [0, 0.05) is 19.6 Å². The smallest absolute Gasteiger partial charge is 0.457 e. The maximum absolute atomic E-state index is 12.7. The van der Waals surface area contributed by atoms with Gasteiger partial charge in [-0.05, 0) is 116 Å². The van der Waals surface area contributed by atoms with Gasteiger partial charge in [-0.15, -0.1) is 0 Å². The van der Waals surface area contributed by atoms with Crippen LogP contribution in [0.3, 0.4) is 0 Å². The van der Waals surface area contributed by atoms with Crippen LogP contribution in [0.2, 0.25) is 0 Å². The summed E-state index contributed by atoms with van der Waals surface area (Å²) in [5, 5.41) is 0. The van der Waals surface area contributed by atoms with E-state index in [-0.39, 0.29) is 38.8 Å². The van der Waals surface area contributed by atoms with E-state index in [0.29, 0.717) is 6.61 Å². The molecule has 0 aliphatic rings. The normalized spacial score (nSPS) is 14.5. The molecule has 0 aliphatic carbocycles. The highest BCUT2D eigenvalue weighted by Crippen LogP contribution is 2.43. The van der Waals surface area contributed by atoms with Crippen LogP contribution >= 0.6 is 7.82 Å². The molecular weight excluding hydrogens is 842 g/mol. The molecule has 372 valence electrons. The first-order valence-electron chi connectivity index (χ1n) is 25.3. The van der Waals surface area contributed by atoms with E-state index in [1.165, 1.54) is 0 Å². The van der Waals surface area contributed by atoms with E-state index in [1.54, 1.807) is 0 Å². The van der Waals surface area contributed by atoms with Crippen LogP contribution in [0.15, 0.2) is 146 Å². The maximum atomic E-state index is 12.7. The molecule has 8 nitrogen and oxygen atoms in total. The van der Waals surface area contributed by atoms with Crippen molar-refractivity contribution in [3.05, 3.63) is 146 Å². The predicted molar refractivity (Wildman–Crippen MR) is 283 cm³/mol. The van der Waals surface area contributed by atoms with Gasteiger partial charge in [-0.3, -0.25) is 13.8 Å². The van der Waals surface area contributed by atoms with Gasteiger partial charge in [0.15, 0.2) is 0 Å². The summed E-state index contributed by atoms with van der Waals surface area (Å²) in [4.78, 5) is 22.6. The molecule has 0 amide bonds. The molecule has 0 aromatic rings. The Bertz CT molecular complexity index is 1510. The van der Waals surface area contributed by atoms with Gasteiger partial charge in [0.25, 0.3) is 0 Å². The van der Waals surface area contributed by atoms with Gasteiger partial charge in [-0.25, -0.2) is 4.57 Å². The summed E-state index contributed by atoms with van der Waals surface area (Å²) in [5.74, 6) is -0.365. The number of esters is 1. The lowest BCUT2D eigenvalue weighted by atomic mass is 10.1. The van der Waals surface area contributed by atoms with Gasteiger partial charge >= 0.3 is 13.8 Å². The third-order valence-corrected chi connectivity index (χ3v) is 10.7. The number of phosphoric ester groups is 1. The fourth-order valence-corrected chi connectivity index (χ4v) is 6.88. The monoisotopic (exact) mass is 934 g/mol. The Kier molecular flexibility index (Phi) is 49.5. The van der Waals surface area contributed by atoms with E-state index in [1.807, 2.05) is 0 Å². The molecule has 0 saturated carbocycles. The van der Waals surface area contributed by atoms with Crippen molar-refractivity contribution in [3.8, 4) is 0 Å². The minimum Gasteiger partial charge on any atom is -0.457 e. The lowest BCUT2D eigenvalue weighted by Crippen LogP contribution is -2.28. The second kappa shape index (κ2) is 52.4. The van der Waals surface area contributed by atoms with E-state index in [4.69, 9.17) is 24.3 Å². The molecule has 0 fully saturated rings. The SMILES string of the molecule is CC/C=C\C/C=C\C/C=C\C/C=C\C/C=C\C/C=C\C/C=C\CCCCCCOCC(COP(=O)(O)OCCN)OC(=O)CCCCCCC/C=C\C/C=C\C/C=C\C/C=C\C/C=C\CC. The molecule has 0 aromatic heterocycles. The average Bonchev–Trinajstić information content (AvgIpc) is 3.31. The molecule has 0 aliphatic heterocycles. The minimum atomic E-state index is -4.31. The summed E-state index contributed by atoms with van der Waals surface area (Å²) in [5.41, 5.74) is 5.38. The number of hydrogen-bond acceptors (Lipinski definition) is 7. The van der Waals surface area contributed by atoms with E-state index in [9.17, 15) is 14.3 Å². The number of unbranched alkanes of at least 4 members (excludes halogenated alkanes) is 9. The van der Waals surface area contributed by atoms with Crippen molar-refractivity contribution in [2.24, 2.45) is 5.73 Å². The van der Waals surface area contributed by atoms with Crippen molar-refractivity contribution in [3.63, 3.8) is 0 Å². The fourth-order valence-electron chi connectivity index (χ4n) is 6.12. The molecule has 0 saturated heterocycles. The van der Waals surface area contributed by atoms with Crippen LogP contribution in [0.4, 0.5) is 0 Å². The van der Waals surface area contributed by atoms with Gasteiger partial charge < -0.3 is 20.1 Å². The number of carbonyl (C=O) groups excluding carboxylic acids is 1. The molecule has 0 radical (unpaired) electrons. The zero-order valence-corrected chi connectivity index (χ0v) is 42.3. The van der Waals surface area contributed by atoms with Crippen molar-refractivity contribution in [2.75, 3.05) is 33.0 Å². The first-order chi connectivity index (χ1) is 32.4. The molecule has 0 spiro atoms. The van der Waals surface area contributed by atoms with E-state index in [0.717, 1.165) is 148 Å². The number of nitrogens with two attached hydrogens (primary N) is 1. The van der Waals surface area contributed by atoms with Crippen molar-refractivity contribution in [2.45, 2.75) is 174 Å². The lowest BCUT2D eigenvalue weighted by molar-refractivity contribution is -0.154. The highest BCUT2D eigenvalue weighted by Gasteiger charge is 2.25. The van der Waals surface area contributed by atoms with Crippen molar-refractivity contribution < 1.29 is 32.8 Å². The van der Waals surface area contributed by atoms with Gasteiger partial charge in [-0.2, -0.15) is 0 Å². The van der Waals surface area contributed by atoms with Crippen molar-refractivity contribution in [1.29, 1.82) is 0 Å². The molecule has 0 rings (SSSR count). The van der Waals surface area contributed by atoms with Crippen LogP contribution in [0.25, 0.3) is 0 Å². The zero-order chi connectivity index (χ0) is 48.0. The summed E-state index contributed by atoms with van der Waals surface area (Å²) in [6, 6.07) is 0. The second-order valence-corrected chi connectivity index (χ2v) is 17.4. The van der Waals surface area contributed by atoms with Crippen molar-refractivity contribution in [1.82, 2.24) is 0 Å². The quantitative estimate of drug-likeness (QED) is 0.0268. The van der Waals surface area contributed by atoms with Gasteiger partial charge in [-0.1, -0.05) is 192 Å². The molecule has 3 N–H and O–H groups in total. The molecule has 0 heterocycles. The predicted octanol–water partition coefficient (Wildman–Crippen LogP) is 16.1. The van der Waals surface area contributed by atoms with E-state index >= 15 is 0 Å². The Labute approximate surface area is 403 Å². The molecule has 0 aromatic carbocycles.